The van der Waals surface area contributed by atoms with Crippen LogP contribution in [0.2, 0.25) is 0 Å². The number of aliphatic hydroxyl groups is 2. The summed E-state index contributed by atoms with van der Waals surface area (Å²) in [6.07, 6.45) is 1.33. The number of halogens is 1. The van der Waals surface area contributed by atoms with Crippen molar-refractivity contribution in [2.45, 2.75) is 6.61 Å². The number of rotatable bonds is 6. The fourth-order valence-corrected chi connectivity index (χ4v) is 2.08. The lowest BCUT2D eigenvalue weighted by Gasteiger charge is -2.14. The molecule has 0 aliphatic carbocycles. The van der Waals surface area contributed by atoms with E-state index in [1.165, 1.54) is 36.0 Å². The normalized spacial score (nSPS) is 10.5. The molecule has 0 aliphatic heterocycles. The van der Waals surface area contributed by atoms with Gasteiger partial charge in [0.1, 0.15) is 5.82 Å². The van der Waals surface area contributed by atoms with Crippen LogP contribution in [-0.4, -0.2) is 33.8 Å². The van der Waals surface area contributed by atoms with Gasteiger partial charge in [0.15, 0.2) is 0 Å². The highest BCUT2D eigenvalue weighted by Gasteiger charge is 2.15. The number of aryl methyl sites for hydroxylation is 1. The summed E-state index contributed by atoms with van der Waals surface area (Å²) < 4.78 is 15.3. The van der Waals surface area contributed by atoms with Gasteiger partial charge in [-0.05, 0) is 17.7 Å². The fourth-order valence-electron chi connectivity index (χ4n) is 2.08. The van der Waals surface area contributed by atoms with Crippen molar-refractivity contribution in [3.8, 4) is 0 Å². The Morgan fingerprint density at radius 2 is 2.00 bits per heavy atom. The second-order valence-electron chi connectivity index (χ2n) is 5.13. The van der Waals surface area contributed by atoms with E-state index in [1.807, 2.05) is 0 Å². The number of amides is 1. The van der Waals surface area contributed by atoms with E-state index in [1.54, 1.807) is 0 Å². The van der Waals surface area contributed by atoms with Crippen molar-refractivity contribution in [3.05, 3.63) is 57.8 Å². The van der Waals surface area contributed by atoms with Crippen molar-refractivity contribution < 1.29 is 19.4 Å². The van der Waals surface area contributed by atoms with E-state index >= 15 is 0 Å². The summed E-state index contributed by atoms with van der Waals surface area (Å²) in [5, 5.41) is 23.0. The van der Waals surface area contributed by atoms with Crippen LogP contribution in [0.5, 0.6) is 0 Å². The van der Waals surface area contributed by atoms with Crippen molar-refractivity contribution in [2.24, 2.45) is 7.05 Å². The Balaban J connectivity index is 2.40. The number of hydrogen-bond donors (Lipinski definition) is 4. The Bertz CT molecular complexity index is 804. The topological polar surface area (TPSA) is 104 Å². The highest BCUT2D eigenvalue weighted by atomic mass is 19.1. The average molecular weight is 335 g/mol. The molecule has 0 spiro atoms. The van der Waals surface area contributed by atoms with E-state index in [9.17, 15) is 14.0 Å². The molecule has 0 saturated heterocycles. The second kappa shape index (κ2) is 7.71. The summed E-state index contributed by atoms with van der Waals surface area (Å²) >= 11 is 0. The molecule has 2 aromatic rings. The predicted octanol–water partition coefficient (Wildman–Crippen LogP) is 0.482. The number of nitrogens with one attached hydrogen (secondary N) is 2. The van der Waals surface area contributed by atoms with Gasteiger partial charge in [-0.1, -0.05) is 6.07 Å². The molecule has 0 aliphatic rings. The van der Waals surface area contributed by atoms with Crippen LogP contribution in [0.3, 0.4) is 0 Å². The number of carbonyl (C=O) groups is 1. The summed E-state index contributed by atoms with van der Waals surface area (Å²) in [7, 11) is 1.49. The summed E-state index contributed by atoms with van der Waals surface area (Å²) in [5.41, 5.74) is 0.378. The smallest absolute Gasteiger partial charge is 0.254 e. The maximum Gasteiger partial charge on any atom is 0.254 e. The van der Waals surface area contributed by atoms with Gasteiger partial charge in [0.2, 0.25) is 0 Å². The summed E-state index contributed by atoms with van der Waals surface area (Å²) in [4.78, 5) is 24.0. The Labute approximate surface area is 137 Å². The van der Waals surface area contributed by atoms with Crippen molar-refractivity contribution in [3.63, 3.8) is 0 Å². The highest BCUT2D eigenvalue weighted by Crippen LogP contribution is 2.23. The number of carbonyl (C=O) groups excluding carboxylic acids is 1. The van der Waals surface area contributed by atoms with Crippen molar-refractivity contribution in [1.29, 1.82) is 0 Å². The quantitative estimate of drug-likeness (QED) is 0.615. The lowest BCUT2D eigenvalue weighted by atomic mass is 10.1. The van der Waals surface area contributed by atoms with Crippen LogP contribution >= 0.6 is 0 Å². The van der Waals surface area contributed by atoms with Crippen LogP contribution in [0.25, 0.3) is 0 Å². The predicted molar refractivity (Wildman–Crippen MR) is 86.7 cm³/mol. The number of nitrogens with zero attached hydrogens (tertiary/aromatic N) is 1. The first-order valence-electron chi connectivity index (χ1n) is 7.22. The number of hydrogen-bond acceptors (Lipinski definition) is 5. The van der Waals surface area contributed by atoms with Crippen LogP contribution in [0.1, 0.15) is 15.9 Å². The Hall–Kier alpha value is -2.71. The van der Waals surface area contributed by atoms with Gasteiger partial charge >= 0.3 is 0 Å². The van der Waals surface area contributed by atoms with Crippen LogP contribution in [0.4, 0.5) is 15.8 Å². The molecule has 0 atom stereocenters. The maximum absolute atomic E-state index is 14.0. The first-order valence-corrected chi connectivity index (χ1v) is 7.22. The minimum absolute atomic E-state index is 0.0562. The van der Waals surface area contributed by atoms with Gasteiger partial charge < -0.3 is 25.4 Å². The van der Waals surface area contributed by atoms with Gasteiger partial charge in [-0.15, -0.1) is 0 Å². The lowest BCUT2D eigenvalue weighted by Crippen LogP contribution is -2.29. The molecule has 1 heterocycles. The third-order valence-electron chi connectivity index (χ3n) is 3.36. The van der Waals surface area contributed by atoms with Crippen LogP contribution < -0.4 is 16.2 Å². The fraction of sp³-hybridized carbons (Fsp3) is 0.250. The van der Waals surface area contributed by atoms with Gasteiger partial charge in [-0.3, -0.25) is 9.59 Å². The van der Waals surface area contributed by atoms with Gasteiger partial charge in [-0.25, -0.2) is 4.39 Å². The zero-order valence-electron chi connectivity index (χ0n) is 13.0. The molecule has 0 bridgehead atoms. The zero-order valence-corrected chi connectivity index (χ0v) is 13.0. The second-order valence-corrected chi connectivity index (χ2v) is 5.13. The minimum atomic E-state index is -0.621. The van der Waals surface area contributed by atoms with Gasteiger partial charge in [0, 0.05) is 25.9 Å². The van der Waals surface area contributed by atoms with E-state index in [2.05, 4.69) is 10.6 Å². The summed E-state index contributed by atoms with van der Waals surface area (Å²) in [5.74, 6) is -1.13. The molecule has 2 rings (SSSR count). The van der Waals surface area contributed by atoms with E-state index in [0.29, 0.717) is 5.56 Å². The first-order chi connectivity index (χ1) is 11.5. The van der Waals surface area contributed by atoms with Crippen LogP contribution in [0.15, 0.2) is 35.3 Å². The molecule has 1 amide bonds. The molecular weight excluding hydrogens is 317 g/mol. The summed E-state index contributed by atoms with van der Waals surface area (Å²) in [6.45, 7) is -0.462. The molecule has 4 N–H and O–H groups in total. The zero-order chi connectivity index (χ0) is 17.7. The SMILES string of the molecule is Cn1cc(C(=O)NCCO)c(Nc2ccc(CO)cc2F)cc1=O. The molecule has 0 fully saturated rings. The number of pyridine rings is 1. The molecule has 128 valence electrons. The molecule has 1 aromatic heterocycles. The lowest BCUT2D eigenvalue weighted by molar-refractivity contribution is 0.0945. The third-order valence-corrected chi connectivity index (χ3v) is 3.36. The minimum Gasteiger partial charge on any atom is -0.395 e. The number of aromatic nitrogens is 1. The average Bonchev–Trinajstić information content (AvgIpc) is 2.57. The Kier molecular flexibility index (Phi) is 5.67. The molecule has 0 radical (unpaired) electrons. The van der Waals surface area contributed by atoms with E-state index < -0.39 is 11.7 Å². The van der Waals surface area contributed by atoms with Gasteiger partial charge in [0.25, 0.3) is 11.5 Å². The van der Waals surface area contributed by atoms with E-state index in [-0.39, 0.29) is 42.3 Å². The molecule has 0 saturated carbocycles. The largest absolute Gasteiger partial charge is 0.395 e. The summed E-state index contributed by atoms with van der Waals surface area (Å²) in [6, 6.07) is 5.29. The Morgan fingerprint density at radius 1 is 1.25 bits per heavy atom. The van der Waals surface area contributed by atoms with Crippen molar-refractivity contribution in [2.75, 3.05) is 18.5 Å². The standard InChI is InChI=1S/C16H18FN3O4/c1-20-8-11(16(24)18-4-5-21)14(7-15(20)23)19-13-3-2-10(9-22)6-12(13)17/h2-3,6-8,19,21-22H,4-5,9H2,1H3,(H,18,24). The van der Waals surface area contributed by atoms with Gasteiger partial charge in [0.05, 0.1) is 30.2 Å². The highest BCUT2D eigenvalue weighted by molar-refractivity contribution is 6.00. The van der Waals surface area contributed by atoms with E-state index in [4.69, 9.17) is 10.2 Å². The van der Waals surface area contributed by atoms with Crippen molar-refractivity contribution >= 4 is 17.3 Å². The van der Waals surface area contributed by atoms with Crippen LogP contribution in [-0.2, 0) is 13.7 Å². The van der Waals surface area contributed by atoms with E-state index in [0.717, 1.165) is 6.07 Å². The Morgan fingerprint density at radius 3 is 2.62 bits per heavy atom. The number of benzene rings is 1. The molecule has 1 aromatic carbocycles. The van der Waals surface area contributed by atoms with Crippen LogP contribution in [0, 0.1) is 5.82 Å². The van der Waals surface area contributed by atoms with Gasteiger partial charge in [-0.2, -0.15) is 0 Å². The molecule has 24 heavy (non-hydrogen) atoms. The maximum atomic E-state index is 14.0. The number of anilines is 2. The van der Waals surface area contributed by atoms with Crippen molar-refractivity contribution in [1.82, 2.24) is 9.88 Å². The molecule has 7 nitrogen and oxygen atoms in total. The molecule has 8 heteroatoms. The number of aliphatic hydroxyl groups excluding tert-OH is 2. The monoisotopic (exact) mass is 335 g/mol. The third kappa shape index (κ3) is 3.98. The molecular formula is C16H18FN3O4. The molecule has 0 unspecified atom stereocenters. The first kappa shape index (κ1) is 17.6.